The predicted molar refractivity (Wildman–Crippen MR) is 94.3 cm³/mol. The summed E-state index contributed by atoms with van der Waals surface area (Å²) in [5, 5.41) is 3.42. The monoisotopic (exact) mass is 311 g/mol. The maximum Gasteiger partial charge on any atom is 0.224 e. The van der Waals surface area contributed by atoms with Crippen LogP contribution in [0.5, 0.6) is 0 Å². The van der Waals surface area contributed by atoms with Crippen molar-refractivity contribution < 1.29 is 0 Å². The van der Waals surface area contributed by atoms with Gasteiger partial charge in [-0.15, -0.1) is 0 Å². The first-order valence-electron chi connectivity index (χ1n) is 8.41. The van der Waals surface area contributed by atoms with Crippen molar-refractivity contribution in [2.45, 2.75) is 31.7 Å². The Kier molecular flexibility index (Phi) is 5.42. The van der Waals surface area contributed by atoms with Gasteiger partial charge in [-0.2, -0.15) is 4.98 Å². The molecule has 5 nitrogen and oxygen atoms in total. The number of hydrogen-bond donors (Lipinski definition) is 2. The van der Waals surface area contributed by atoms with Crippen LogP contribution in [0, 0.1) is 0 Å². The largest absolute Gasteiger partial charge is 0.384 e. The topological polar surface area (TPSA) is 67.1 Å². The molecular formula is C18H25N5. The van der Waals surface area contributed by atoms with Crippen LogP contribution >= 0.6 is 0 Å². The summed E-state index contributed by atoms with van der Waals surface area (Å²) in [5.74, 6) is 1.15. The smallest absolute Gasteiger partial charge is 0.224 e. The molecule has 1 aliphatic heterocycles. The first-order chi connectivity index (χ1) is 11.3. The second-order valence-corrected chi connectivity index (χ2v) is 6.18. The highest BCUT2D eigenvalue weighted by Crippen LogP contribution is 2.15. The standard InChI is InChI=1S/C18H25N5/c19-17-10-11-20-18(22-17)21-16-9-5-13-23(14-16)12-4-8-15-6-2-1-3-7-15/h1-3,6-7,10-11,16H,4-5,8-9,12-14H2,(H3,19,20,21,22)/t16-/m0/s1. The Morgan fingerprint density at radius 3 is 2.91 bits per heavy atom. The molecule has 0 saturated carbocycles. The van der Waals surface area contributed by atoms with Crippen molar-refractivity contribution in [3.63, 3.8) is 0 Å². The molecule has 2 aromatic rings. The molecule has 0 unspecified atom stereocenters. The molecule has 1 aliphatic rings. The van der Waals surface area contributed by atoms with E-state index in [2.05, 4.69) is 50.5 Å². The van der Waals surface area contributed by atoms with Gasteiger partial charge in [-0.1, -0.05) is 30.3 Å². The zero-order chi connectivity index (χ0) is 15.9. The van der Waals surface area contributed by atoms with E-state index in [0.29, 0.717) is 17.8 Å². The molecule has 2 heterocycles. The minimum Gasteiger partial charge on any atom is -0.384 e. The van der Waals surface area contributed by atoms with Crippen LogP contribution in [0.15, 0.2) is 42.6 Å². The SMILES string of the molecule is Nc1ccnc(N[C@H]2CCCN(CCCc3ccccc3)C2)n1. The van der Waals surface area contributed by atoms with Crippen LogP contribution in [0.3, 0.4) is 0 Å². The van der Waals surface area contributed by atoms with Crippen molar-refractivity contribution in [3.8, 4) is 0 Å². The summed E-state index contributed by atoms with van der Waals surface area (Å²) in [6.07, 6.45) is 6.42. The minimum absolute atomic E-state index is 0.405. The number of benzene rings is 1. The van der Waals surface area contributed by atoms with Crippen molar-refractivity contribution in [2.75, 3.05) is 30.7 Å². The first-order valence-corrected chi connectivity index (χ1v) is 8.41. The average molecular weight is 311 g/mol. The number of nitrogens with zero attached hydrogens (tertiary/aromatic N) is 3. The van der Waals surface area contributed by atoms with Gasteiger partial charge < -0.3 is 16.0 Å². The summed E-state index contributed by atoms with van der Waals surface area (Å²) in [4.78, 5) is 11.0. The maximum atomic E-state index is 5.71. The summed E-state index contributed by atoms with van der Waals surface area (Å²) >= 11 is 0. The Morgan fingerprint density at radius 1 is 1.22 bits per heavy atom. The highest BCUT2D eigenvalue weighted by molar-refractivity contribution is 5.35. The number of aryl methyl sites for hydroxylation is 1. The third-order valence-corrected chi connectivity index (χ3v) is 4.30. The first kappa shape index (κ1) is 15.7. The molecule has 1 aromatic carbocycles. The molecule has 3 rings (SSSR count). The Morgan fingerprint density at radius 2 is 2.09 bits per heavy atom. The molecule has 0 bridgehead atoms. The Bertz CT molecular complexity index is 601. The van der Waals surface area contributed by atoms with E-state index in [1.165, 1.54) is 24.9 Å². The van der Waals surface area contributed by atoms with Gasteiger partial charge in [-0.3, -0.25) is 0 Å². The fourth-order valence-corrected chi connectivity index (χ4v) is 3.15. The lowest BCUT2D eigenvalue weighted by Crippen LogP contribution is -2.42. The lowest BCUT2D eigenvalue weighted by atomic mass is 10.0. The van der Waals surface area contributed by atoms with E-state index in [1.807, 2.05) is 0 Å². The van der Waals surface area contributed by atoms with Gasteiger partial charge in [-0.25, -0.2) is 4.98 Å². The van der Waals surface area contributed by atoms with Gasteiger partial charge in [0.25, 0.3) is 0 Å². The number of anilines is 2. The molecule has 1 aromatic heterocycles. The minimum atomic E-state index is 0.405. The zero-order valence-electron chi connectivity index (χ0n) is 13.5. The van der Waals surface area contributed by atoms with Crippen LogP contribution in [-0.2, 0) is 6.42 Å². The van der Waals surface area contributed by atoms with E-state index in [9.17, 15) is 0 Å². The fraction of sp³-hybridized carbons (Fsp3) is 0.444. The molecular weight excluding hydrogens is 286 g/mol. The van der Waals surface area contributed by atoms with Gasteiger partial charge in [0.05, 0.1) is 0 Å². The average Bonchev–Trinajstić information content (AvgIpc) is 2.56. The van der Waals surface area contributed by atoms with Gasteiger partial charge in [0.2, 0.25) is 5.95 Å². The van der Waals surface area contributed by atoms with E-state index >= 15 is 0 Å². The summed E-state index contributed by atoms with van der Waals surface area (Å²) in [6, 6.07) is 12.8. The van der Waals surface area contributed by atoms with Crippen molar-refractivity contribution >= 4 is 11.8 Å². The zero-order valence-corrected chi connectivity index (χ0v) is 13.5. The van der Waals surface area contributed by atoms with Crippen molar-refractivity contribution in [3.05, 3.63) is 48.2 Å². The molecule has 122 valence electrons. The number of nitrogen functional groups attached to an aromatic ring is 1. The van der Waals surface area contributed by atoms with Crippen LogP contribution < -0.4 is 11.1 Å². The van der Waals surface area contributed by atoms with Gasteiger partial charge in [0.1, 0.15) is 5.82 Å². The van der Waals surface area contributed by atoms with Crippen LogP contribution in [0.1, 0.15) is 24.8 Å². The quantitative estimate of drug-likeness (QED) is 0.858. The van der Waals surface area contributed by atoms with Gasteiger partial charge in [-0.05, 0) is 50.4 Å². The number of likely N-dealkylation sites (tertiary alicyclic amines) is 1. The molecule has 1 saturated heterocycles. The van der Waals surface area contributed by atoms with Crippen LogP contribution in [0.25, 0.3) is 0 Å². The number of nitrogens with one attached hydrogen (secondary N) is 1. The molecule has 23 heavy (non-hydrogen) atoms. The molecule has 3 N–H and O–H groups in total. The fourth-order valence-electron chi connectivity index (χ4n) is 3.15. The number of hydrogen-bond acceptors (Lipinski definition) is 5. The van der Waals surface area contributed by atoms with Crippen LogP contribution in [0.4, 0.5) is 11.8 Å². The second kappa shape index (κ2) is 7.92. The molecule has 0 spiro atoms. The van der Waals surface area contributed by atoms with Crippen LogP contribution in [-0.4, -0.2) is 40.5 Å². The van der Waals surface area contributed by atoms with E-state index < -0.39 is 0 Å². The van der Waals surface area contributed by atoms with Crippen molar-refractivity contribution in [1.82, 2.24) is 14.9 Å². The lowest BCUT2D eigenvalue weighted by molar-refractivity contribution is 0.214. The van der Waals surface area contributed by atoms with E-state index in [-0.39, 0.29) is 0 Å². The molecule has 1 atom stereocenters. The Hall–Kier alpha value is -2.14. The van der Waals surface area contributed by atoms with Gasteiger partial charge in [0, 0.05) is 18.8 Å². The highest BCUT2D eigenvalue weighted by Gasteiger charge is 2.20. The predicted octanol–water partition coefficient (Wildman–Crippen LogP) is 2.57. The normalized spacial score (nSPS) is 18.7. The summed E-state index contributed by atoms with van der Waals surface area (Å²) < 4.78 is 0. The molecule has 0 amide bonds. The Labute approximate surface area is 137 Å². The maximum absolute atomic E-state index is 5.71. The summed E-state index contributed by atoms with van der Waals surface area (Å²) in [7, 11) is 0. The second-order valence-electron chi connectivity index (χ2n) is 6.18. The molecule has 1 fully saturated rings. The number of aromatic nitrogens is 2. The number of nitrogens with two attached hydrogens (primary N) is 1. The van der Waals surface area contributed by atoms with E-state index in [1.54, 1.807) is 12.3 Å². The number of piperidine rings is 1. The third-order valence-electron chi connectivity index (χ3n) is 4.30. The van der Waals surface area contributed by atoms with Gasteiger partial charge in [0.15, 0.2) is 0 Å². The molecule has 5 heteroatoms. The van der Waals surface area contributed by atoms with Crippen molar-refractivity contribution in [1.29, 1.82) is 0 Å². The van der Waals surface area contributed by atoms with E-state index in [4.69, 9.17) is 5.73 Å². The van der Waals surface area contributed by atoms with Gasteiger partial charge >= 0.3 is 0 Å². The van der Waals surface area contributed by atoms with E-state index in [0.717, 1.165) is 25.9 Å². The summed E-state index contributed by atoms with van der Waals surface area (Å²) in [6.45, 7) is 3.38. The van der Waals surface area contributed by atoms with Crippen LogP contribution in [0.2, 0.25) is 0 Å². The van der Waals surface area contributed by atoms with Crippen molar-refractivity contribution in [2.24, 2.45) is 0 Å². The highest BCUT2D eigenvalue weighted by atomic mass is 15.2. The molecule has 0 aliphatic carbocycles. The summed E-state index contributed by atoms with van der Waals surface area (Å²) in [5.41, 5.74) is 7.13. The number of rotatable bonds is 6. The molecule has 0 radical (unpaired) electrons. The lowest BCUT2D eigenvalue weighted by Gasteiger charge is -2.33. The Balaban J connectivity index is 1.44. The third kappa shape index (κ3) is 4.93.